The van der Waals surface area contributed by atoms with Crippen LogP contribution in [0.25, 0.3) is 0 Å². The number of carbonyl (C=O) groups is 3. The summed E-state index contributed by atoms with van der Waals surface area (Å²) in [6.07, 6.45) is 0.223. The van der Waals surface area contributed by atoms with Crippen molar-refractivity contribution in [1.82, 2.24) is 0 Å². The molecule has 0 aliphatic heterocycles. The van der Waals surface area contributed by atoms with Gasteiger partial charge in [0.15, 0.2) is 0 Å². The summed E-state index contributed by atoms with van der Waals surface area (Å²) in [6, 6.07) is 6.66. The second-order valence-corrected chi connectivity index (χ2v) is 5.13. The van der Waals surface area contributed by atoms with Crippen molar-refractivity contribution >= 4 is 29.1 Å². The molecule has 2 atom stereocenters. The molecule has 1 rings (SSSR count). The molecule has 1 aromatic carbocycles. The molecule has 0 fully saturated rings. The Hall–Kier alpha value is -1.68. The number of benzene rings is 1. The van der Waals surface area contributed by atoms with E-state index in [0.29, 0.717) is 10.6 Å². The Morgan fingerprint density at radius 2 is 1.90 bits per heavy atom. The predicted molar refractivity (Wildman–Crippen MR) is 80.3 cm³/mol. The molecule has 0 N–H and O–H groups in total. The van der Waals surface area contributed by atoms with Crippen molar-refractivity contribution < 1.29 is 19.1 Å². The summed E-state index contributed by atoms with van der Waals surface area (Å²) in [5.41, 5.74) is 0.558. The van der Waals surface area contributed by atoms with E-state index in [1.54, 1.807) is 38.1 Å². The van der Waals surface area contributed by atoms with Crippen LogP contribution in [-0.4, -0.2) is 24.1 Å². The molecule has 2 unspecified atom stereocenters. The van der Waals surface area contributed by atoms with Crippen LogP contribution >= 0.6 is 11.6 Å². The predicted octanol–water partition coefficient (Wildman–Crippen LogP) is 3.17. The van der Waals surface area contributed by atoms with Crippen molar-refractivity contribution in [2.45, 2.75) is 33.1 Å². The fraction of sp³-hybridized carbons (Fsp3) is 0.438. The maximum Gasteiger partial charge on any atom is 0.317 e. The summed E-state index contributed by atoms with van der Waals surface area (Å²) >= 11 is 5.95. The van der Waals surface area contributed by atoms with E-state index in [-0.39, 0.29) is 24.6 Å². The Labute approximate surface area is 129 Å². The third kappa shape index (κ3) is 4.39. The van der Waals surface area contributed by atoms with Crippen LogP contribution in [0, 0.1) is 5.92 Å². The average molecular weight is 311 g/mol. The minimum atomic E-state index is -1.13. The first-order chi connectivity index (χ1) is 9.92. The highest BCUT2D eigenvalue weighted by atomic mass is 35.5. The van der Waals surface area contributed by atoms with Gasteiger partial charge in [-0.3, -0.25) is 14.4 Å². The van der Waals surface area contributed by atoms with Gasteiger partial charge in [-0.15, -0.1) is 0 Å². The number of ketones is 2. The third-order valence-corrected chi connectivity index (χ3v) is 3.45. The van der Waals surface area contributed by atoms with E-state index in [2.05, 4.69) is 0 Å². The SMILES string of the molecule is CCOC(=O)C(C(C)=O)C(C(=O)CC)c1cccc(Cl)c1. The smallest absolute Gasteiger partial charge is 0.317 e. The average Bonchev–Trinajstić information content (AvgIpc) is 2.43. The van der Waals surface area contributed by atoms with Crippen molar-refractivity contribution in [3.8, 4) is 0 Å². The number of ether oxygens (including phenoxy) is 1. The second kappa shape index (κ2) is 7.93. The standard InChI is InChI=1S/C16H19ClO4/c1-4-13(19)15(11-7-6-8-12(17)9-11)14(10(3)18)16(20)21-5-2/h6-9,14-15H,4-5H2,1-3H3. The summed E-state index contributed by atoms with van der Waals surface area (Å²) < 4.78 is 4.95. The van der Waals surface area contributed by atoms with Gasteiger partial charge in [0.05, 0.1) is 12.5 Å². The Kier molecular flexibility index (Phi) is 6.56. The van der Waals surface area contributed by atoms with Gasteiger partial charge in [-0.25, -0.2) is 0 Å². The van der Waals surface area contributed by atoms with E-state index in [1.807, 2.05) is 0 Å². The lowest BCUT2D eigenvalue weighted by atomic mass is 9.80. The topological polar surface area (TPSA) is 60.4 Å². The first-order valence-electron chi connectivity index (χ1n) is 6.87. The monoisotopic (exact) mass is 310 g/mol. The maximum absolute atomic E-state index is 12.3. The molecule has 5 heteroatoms. The molecule has 0 aromatic heterocycles. The summed E-state index contributed by atoms with van der Waals surface area (Å²) in [7, 11) is 0. The number of halogens is 1. The number of carbonyl (C=O) groups excluding carboxylic acids is 3. The Morgan fingerprint density at radius 1 is 1.24 bits per heavy atom. The molecule has 0 saturated carbocycles. The van der Waals surface area contributed by atoms with Gasteiger partial charge in [0.1, 0.15) is 17.5 Å². The largest absolute Gasteiger partial charge is 0.465 e. The minimum absolute atomic E-state index is 0.158. The summed E-state index contributed by atoms with van der Waals surface area (Å²) in [5.74, 6) is -3.23. The summed E-state index contributed by atoms with van der Waals surface area (Å²) in [6.45, 7) is 4.81. The Bertz CT molecular complexity index is 539. The van der Waals surface area contributed by atoms with Crippen molar-refractivity contribution in [2.75, 3.05) is 6.61 Å². The number of hydrogen-bond acceptors (Lipinski definition) is 4. The van der Waals surface area contributed by atoms with Crippen molar-refractivity contribution in [1.29, 1.82) is 0 Å². The molecule has 21 heavy (non-hydrogen) atoms. The molecule has 0 spiro atoms. The van der Waals surface area contributed by atoms with Crippen LogP contribution in [0.1, 0.15) is 38.7 Å². The summed E-state index contributed by atoms with van der Waals surface area (Å²) in [4.78, 5) is 36.2. The van der Waals surface area contributed by atoms with E-state index in [9.17, 15) is 14.4 Å². The van der Waals surface area contributed by atoms with Crippen LogP contribution in [-0.2, 0) is 19.1 Å². The van der Waals surface area contributed by atoms with Crippen molar-refractivity contribution in [3.05, 3.63) is 34.9 Å². The fourth-order valence-electron chi connectivity index (χ4n) is 2.25. The van der Waals surface area contributed by atoms with Crippen molar-refractivity contribution in [3.63, 3.8) is 0 Å². The highest BCUT2D eigenvalue weighted by molar-refractivity contribution is 6.30. The molecule has 0 heterocycles. The van der Waals surface area contributed by atoms with E-state index >= 15 is 0 Å². The molecule has 0 saturated heterocycles. The molecule has 0 amide bonds. The van der Waals surface area contributed by atoms with Gasteiger partial charge in [-0.05, 0) is 31.5 Å². The number of rotatable bonds is 7. The van der Waals surface area contributed by atoms with Crippen LogP contribution in [0.3, 0.4) is 0 Å². The molecular weight excluding hydrogens is 292 g/mol. The van der Waals surface area contributed by atoms with Gasteiger partial charge in [0.25, 0.3) is 0 Å². The van der Waals surface area contributed by atoms with Gasteiger partial charge >= 0.3 is 5.97 Å². The number of Topliss-reactive ketones (excluding diaryl/α,β-unsaturated/α-hetero) is 2. The quantitative estimate of drug-likeness (QED) is 0.573. The van der Waals surface area contributed by atoms with Crippen LogP contribution < -0.4 is 0 Å². The highest BCUT2D eigenvalue weighted by Crippen LogP contribution is 2.30. The van der Waals surface area contributed by atoms with E-state index in [4.69, 9.17) is 16.3 Å². The van der Waals surface area contributed by atoms with Crippen molar-refractivity contribution in [2.24, 2.45) is 5.92 Å². The molecule has 1 aromatic rings. The summed E-state index contributed by atoms with van der Waals surface area (Å²) in [5, 5.41) is 0.451. The van der Waals surface area contributed by atoms with Gasteiger partial charge < -0.3 is 4.74 Å². The molecule has 0 aliphatic rings. The zero-order valence-corrected chi connectivity index (χ0v) is 13.1. The zero-order valence-electron chi connectivity index (χ0n) is 12.4. The van der Waals surface area contributed by atoms with Gasteiger partial charge in [-0.2, -0.15) is 0 Å². The van der Waals surface area contributed by atoms with Gasteiger partial charge in [-0.1, -0.05) is 30.7 Å². The van der Waals surface area contributed by atoms with Gasteiger partial charge in [0, 0.05) is 11.4 Å². The van der Waals surface area contributed by atoms with E-state index in [0.717, 1.165) is 0 Å². The molecule has 0 bridgehead atoms. The lowest BCUT2D eigenvalue weighted by Gasteiger charge is -2.23. The lowest BCUT2D eigenvalue weighted by molar-refractivity contribution is -0.154. The molecule has 0 radical (unpaired) electrons. The van der Waals surface area contributed by atoms with Crippen LogP contribution in [0.15, 0.2) is 24.3 Å². The Morgan fingerprint density at radius 3 is 2.38 bits per heavy atom. The lowest BCUT2D eigenvalue weighted by Crippen LogP contribution is -2.34. The van der Waals surface area contributed by atoms with Crippen LogP contribution in [0.2, 0.25) is 5.02 Å². The molecule has 114 valence electrons. The molecular formula is C16H19ClO4. The Balaban J connectivity index is 3.30. The van der Waals surface area contributed by atoms with Crippen LogP contribution in [0.5, 0.6) is 0 Å². The van der Waals surface area contributed by atoms with E-state index in [1.165, 1.54) is 6.92 Å². The maximum atomic E-state index is 12.3. The van der Waals surface area contributed by atoms with Crippen LogP contribution in [0.4, 0.5) is 0 Å². The third-order valence-electron chi connectivity index (χ3n) is 3.21. The molecule has 4 nitrogen and oxygen atoms in total. The number of esters is 1. The number of hydrogen-bond donors (Lipinski definition) is 0. The van der Waals surface area contributed by atoms with E-state index < -0.39 is 17.8 Å². The van der Waals surface area contributed by atoms with Gasteiger partial charge in [0.2, 0.25) is 0 Å². The first kappa shape index (κ1) is 17.4. The zero-order chi connectivity index (χ0) is 16.0. The second-order valence-electron chi connectivity index (χ2n) is 4.69. The molecule has 0 aliphatic carbocycles. The highest BCUT2D eigenvalue weighted by Gasteiger charge is 2.38. The minimum Gasteiger partial charge on any atom is -0.465 e. The fourth-order valence-corrected chi connectivity index (χ4v) is 2.45. The normalized spacial score (nSPS) is 13.3. The first-order valence-corrected chi connectivity index (χ1v) is 7.25.